The summed E-state index contributed by atoms with van der Waals surface area (Å²) in [6.07, 6.45) is 0. The Morgan fingerprint density at radius 3 is 3.14 bits per heavy atom. The van der Waals surface area contributed by atoms with E-state index in [0.29, 0.717) is 5.89 Å². The van der Waals surface area contributed by atoms with Gasteiger partial charge in [0.1, 0.15) is 12.1 Å². The van der Waals surface area contributed by atoms with Crippen LogP contribution in [0.1, 0.15) is 11.5 Å². The molecule has 14 heavy (non-hydrogen) atoms. The molecule has 3 nitrogen and oxygen atoms in total. The normalized spacial score (nSPS) is 9.86. The number of nitrogens with zero attached hydrogens (tertiary/aromatic N) is 1. The lowest BCUT2D eigenvalue weighted by Crippen LogP contribution is -1.76. The van der Waals surface area contributed by atoms with Crippen LogP contribution < -0.4 is 0 Å². The molecule has 3 heteroatoms. The highest BCUT2D eigenvalue weighted by Gasteiger charge is 2.01. The molecule has 1 heterocycles. The Bertz CT molecular complexity index is 517. The van der Waals surface area contributed by atoms with Crippen molar-refractivity contribution in [2.24, 2.45) is 0 Å². The van der Waals surface area contributed by atoms with Crippen molar-refractivity contribution in [3.05, 3.63) is 29.7 Å². The molecule has 1 N–H and O–H groups in total. The topological polar surface area (TPSA) is 46.3 Å². The van der Waals surface area contributed by atoms with Crippen molar-refractivity contribution in [2.75, 3.05) is 6.61 Å². The smallest absolute Gasteiger partial charge is 0.192 e. The van der Waals surface area contributed by atoms with Gasteiger partial charge in [-0.25, -0.2) is 4.98 Å². The van der Waals surface area contributed by atoms with Crippen molar-refractivity contribution in [3.8, 4) is 11.8 Å². The third-order valence-corrected chi connectivity index (χ3v) is 1.81. The average Bonchev–Trinajstić information content (AvgIpc) is 2.54. The predicted octanol–water partition coefficient (Wildman–Crippen LogP) is 1.48. The van der Waals surface area contributed by atoms with E-state index in [4.69, 9.17) is 9.52 Å². The van der Waals surface area contributed by atoms with Gasteiger partial charge in [-0.05, 0) is 18.2 Å². The van der Waals surface area contributed by atoms with Crippen LogP contribution >= 0.6 is 0 Å². The number of aliphatic hydroxyl groups is 1. The number of rotatable bonds is 0. The molecule has 0 saturated heterocycles. The van der Waals surface area contributed by atoms with Crippen LogP contribution in [-0.2, 0) is 0 Å². The van der Waals surface area contributed by atoms with E-state index >= 15 is 0 Å². The maximum absolute atomic E-state index is 8.54. The van der Waals surface area contributed by atoms with E-state index in [0.717, 1.165) is 16.7 Å². The second kappa shape index (κ2) is 3.52. The standard InChI is InChI=1S/C11H9NO2/c1-8-12-10-5-4-9(3-2-6-13)7-11(10)14-8/h4-5,7,13H,6H2,1H3. The largest absolute Gasteiger partial charge is 0.441 e. The van der Waals surface area contributed by atoms with E-state index in [9.17, 15) is 0 Å². The second-order valence-electron chi connectivity index (χ2n) is 2.88. The number of benzene rings is 1. The number of oxazole rings is 1. The van der Waals surface area contributed by atoms with Crippen molar-refractivity contribution in [2.45, 2.75) is 6.92 Å². The first-order valence-corrected chi connectivity index (χ1v) is 4.26. The van der Waals surface area contributed by atoms with Gasteiger partial charge in [0.15, 0.2) is 11.5 Å². The van der Waals surface area contributed by atoms with Crippen molar-refractivity contribution < 1.29 is 9.52 Å². The summed E-state index contributed by atoms with van der Waals surface area (Å²) in [5.41, 5.74) is 2.38. The zero-order valence-corrected chi connectivity index (χ0v) is 7.74. The molecule has 0 spiro atoms. The third-order valence-electron chi connectivity index (χ3n) is 1.81. The predicted molar refractivity (Wildman–Crippen MR) is 52.7 cm³/mol. The second-order valence-corrected chi connectivity index (χ2v) is 2.88. The summed E-state index contributed by atoms with van der Waals surface area (Å²) >= 11 is 0. The molecular formula is C11H9NO2. The number of aryl methyl sites for hydroxylation is 1. The number of fused-ring (bicyclic) bond motifs is 1. The lowest BCUT2D eigenvalue weighted by molar-refractivity contribution is 0.350. The van der Waals surface area contributed by atoms with E-state index in [1.807, 2.05) is 18.2 Å². The maximum atomic E-state index is 8.54. The Balaban J connectivity index is 2.50. The molecule has 2 rings (SSSR count). The number of hydrogen-bond acceptors (Lipinski definition) is 3. The van der Waals surface area contributed by atoms with Gasteiger partial charge in [0.25, 0.3) is 0 Å². The van der Waals surface area contributed by atoms with Gasteiger partial charge in [-0.3, -0.25) is 0 Å². The molecule has 0 aliphatic rings. The molecule has 0 amide bonds. The Hall–Kier alpha value is -1.79. The number of hydrogen-bond donors (Lipinski definition) is 1. The fourth-order valence-corrected chi connectivity index (χ4v) is 1.26. The molecule has 0 bridgehead atoms. The summed E-state index contributed by atoms with van der Waals surface area (Å²) in [5.74, 6) is 6.03. The van der Waals surface area contributed by atoms with Crippen molar-refractivity contribution in [1.82, 2.24) is 4.98 Å². The molecule has 0 aliphatic heterocycles. The molecule has 0 unspecified atom stereocenters. The van der Waals surface area contributed by atoms with E-state index < -0.39 is 0 Å². The van der Waals surface area contributed by atoms with Gasteiger partial charge >= 0.3 is 0 Å². The monoisotopic (exact) mass is 187 g/mol. The third kappa shape index (κ3) is 1.61. The van der Waals surface area contributed by atoms with Crippen LogP contribution in [0.25, 0.3) is 11.1 Å². The van der Waals surface area contributed by atoms with Crippen LogP contribution in [0.3, 0.4) is 0 Å². The molecule has 0 saturated carbocycles. The fraction of sp³-hybridized carbons (Fsp3) is 0.182. The minimum absolute atomic E-state index is 0.131. The molecule has 0 radical (unpaired) electrons. The summed E-state index contributed by atoms with van der Waals surface area (Å²) in [5, 5.41) is 8.54. The Morgan fingerprint density at radius 2 is 2.36 bits per heavy atom. The van der Waals surface area contributed by atoms with Crippen LogP contribution in [0.2, 0.25) is 0 Å². The quantitative estimate of drug-likeness (QED) is 0.635. The Kier molecular flexibility index (Phi) is 2.21. The molecular weight excluding hydrogens is 178 g/mol. The Morgan fingerprint density at radius 1 is 1.50 bits per heavy atom. The SMILES string of the molecule is Cc1nc2ccc(C#CCO)cc2o1. The summed E-state index contributed by atoms with van der Waals surface area (Å²) in [6, 6.07) is 5.53. The minimum Gasteiger partial charge on any atom is -0.441 e. The molecule has 70 valence electrons. The van der Waals surface area contributed by atoms with Crippen LogP contribution in [0, 0.1) is 18.8 Å². The average molecular weight is 187 g/mol. The van der Waals surface area contributed by atoms with E-state index in [1.54, 1.807) is 6.92 Å². The van der Waals surface area contributed by atoms with E-state index in [-0.39, 0.29) is 6.61 Å². The molecule has 0 aliphatic carbocycles. The van der Waals surface area contributed by atoms with Gasteiger partial charge < -0.3 is 9.52 Å². The van der Waals surface area contributed by atoms with Crippen LogP contribution in [0.5, 0.6) is 0 Å². The molecule has 0 fully saturated rings. The molecule has 1 aromatic carbocycles. The number of aliphatic hydroxyl groups excluding tert-OH is 1. The fourth-order valence-electron chi connectivity index (χ4n) is 1.26. The van der Waals surface area contributed by atoms with Crippen molar-refractivity contribution in [3.63, 3.8) is 0 Å². The van der Waals surface area contributed by atoms with Crippen molar-refractivity contribution in [1.29, 1.82) is 0 Å². The van der Waals surface area contributed by atoms with Crippen LogP contribution in [0.15, 0.2) is 22.6 Å². The highest BCUT2D eigenvalue weighted by atomic mass is 16.3. The van der Waals surface area contributed by atoms with Gasteiger partial charge in [0.05, 0.1) is 0 Å². The first-order chi connectivity index (χ1) is 6.79. The highest BCUT2D eigenvalue weighted by molar-refractivity contribution is 5.74. The van der Waals surface area contributed by atoms with Crippen molar-refractivity contribution >= 4 is 11.1 Å². The molecule has 1 aromatic heterocycles. The zero-order valence-electron chi connectivity index (χ0n) is 7.74. The first kappa shape index (κ1) is 8.79. The summed E-state index contributed by atoms with van der Waals surface area (Å²) < 4.78 is 5.35. The van der Waals surface area contributed by atoms with Gasteiger partial charge in [0.2, 0.25) is 0 Å². The summed E-state index contributed by atoms with van der Waals surface area (Å²) in [6.45, 7) is 1.67. The first-order valence-electron chi connectivity index (χ1n) is 4.26. The zero-order chi connectivity index (χ0) is 9.97. The molecule has 2 aromatic rings. The minimum atomic E-state index is -0.131. The van der Waals surface area contributed by atoms with Gasteiger partial charge in [-0.2, -0.15) is 0 Å². The maximum Gasteiger partial charge on any atom is 0.192 e. The van der Waals surface area contributed by atoms with Gasteiger partial charge in [0, 0.05) is 12.5 Å². The van der Waals surface area contributed by atoms with Gasteiger partial charge in [-0.1, -0.05) is 11.8 Å². The molecule has 0 atom stereocenters. The van der Waals surface area contributed by atoms with Gasteiger partial charge in [-0.15, -0.1) is 0 Å². The van der Waals surface area contributed by atoms with Crippen LogP contribution in [-0.4, -0.2) is 16.7 Å². The highest BCUT2D eigenvalue weighted by Crippen LogP contribution is 2.16. The van der Waals surface area contributed by atoms with E-state index in [2.05, 4.69) is 16.8 Å². The lowest BCUT2D eigenvalue weighted by Gasteiger charge is -1.88. The summed E-state index contributed by atoms with van der Waals surface area (Å²) in [7, 11) is 0. The summed E-state index contributed by atoms with van der Waals surface area (Å²) in [4.78, 5) is 4.17. The lowest BCUT2D eigenvalue weighted by atomic mass is 10.2. The van der Waals surface area contributed by atoms with Crippen LogP contribution in [0.4, 0.5) is 0 Å². The Labute approximate surface area is 81.4 Å². The van der Waals surface area contributed by atoms with E-state index in [1.165, 1.54) is 0 Å². The number of aromatic nitrogens is 1.